The lowest BCUT2D eigenvalue weighted by atomic mass is 9.79. The molecular formula is C18H16. The minimum Gasteiger partial charge on any atom is -0.0732 e. The van der Waals surface area contributed by atoms with Crippen molar-refractivity contribution in [1.29, 1.82) is 0 Å². The first-order valence-electron chi connectivity index (χ1n) is 6.71. The van der Waals surface area contributed by atoms with Crippen molar-refractivity contribution in [1.82, 2.24) is 0 Å². The topological polar surface area (TPSA) is 0 Å². The fourth-order valence-electron chi connectivity index (χ4n) is 3.37. The lowest BCUT2D eigenvalue weighted by Gasteiger charge is -2.25. The zero-order chi connectivity index (χ0) is 12.3. The van der Waals surface area contributed by atoms with Crippen LogP contribution in [0.4, 0.5) is 0 Å². The molecule has 88 valence electrons. The van der Waals surface area contributed by atoms with Crippen LogP contribution in [0.15, 0.2) is 42.5 Å². The summed E-state index contributed by atoms with van der Waals surface area (Å²) in [7, 11) is 0. The highest BCUT2D eigenvalue weighted by molar-refractivity contribution is 6.11. The van der Waals surface area contributed by atoms with Gasteiger partial charge in [-0.25, -0.2) is 0 Å². The van der Waals surface area contributed by atoms with E-state index in [-0.39, 0.29) is 0 Å². The molecule has 0 bridgehead atoms. The standard InChI is InChI=1S/C18H16/c1-11-10-15-7-6-13-4-3-5-14-8-9-16(12(11)2)18(15)17(13)14/h3-12H,1-2H3. The summed E-state index contributed by atoms with van der Waals surface area (Å²) in [4.78, 5) is 0. The molecule has 3 aromatic rings. The molecule has 3 aromatic carbocycles. The second kappa shape index (κ2) is 3.35. The highest BCUT2D eigenvalue weighted by Crippen LogP contribution is 2.36. The van der Waals surface area contributed by atoms with Crippen LogP contribution in [0.25, 0.3) is 27.6 Å². The lowest BCUT2D eigenvalue weighted by Crippen LogP contribution is -2.18. The molecule has 1 aliphatic rings. The van der Waals surface area contributed by atoms with Gasteiger partial charge in [0, 0.05) is 0 Å². The molecule has 2 atom stereocenters. The lowest BCUT2D eigenvalue weighted by molar-refractivity contribution is 0.618. The molecule has 0 heterocycles. The third kappa shape index (κ3) is 1.16. The van der Waals surface area contributed by atoms with E-state index in [4.69, 9.17) is 0 Å². The second-order valence-corrected chi connectivity index (χ2v) is 5.58. The van der Waals surface area contributed by atoms with Crippen molar-refractivity contribution in [2.24, 2.45) is 5.92 Å². The van der Waals surface area contributed by atoms with Gasteiger partial charge in [0.25, 0.3) is 0 Å². The summed E-state index contributed by atoms with van der Waals surface area (Å²) < 4.78 is 0. The van der Waals surface area contributed by atoms with Crippen LogP contribution >= 0.6 is 0 Å². The maximum Gasteiger partial charge on any atom is -0.00301 e. The Balaban J connectivity index is 2.35. The fourth-order valence-corrected chi connectivity index (χ4v) is 3.37. The van der Waals surface area contributed by atoms with Gasteiger partial charge in [0.2, 0.25) is 0 Å². The van der Waals surface area contributed by atoms with E-state index in [1.54, 1.807) is 0 Å². The molecule has 0 spiro atoms. The zero-order valence-corrected chi connectivity index (χ0v) is 10.8. The van der Waals surface area contributed by atoms with E-state index in [2.05, 4.69) is 62.4 Å². The quantitative estimate of drug-likeness (QED) is 0.543. The third-order valence-electron chi connectivity index (χ3n) is 4.56. The van der Waals surface area contributed by atoms with Gasteiger partial charge >= 0.3 is 0 Å². The summed E-state index contributed by atoms with van der Waals surface area (Å²) in [5.41, 5.74) is 1.52. The fraction of sp³-hybridized carbons (Fsp3) is 0.222. The molecular weight excluding hydrogens is 216 g/mol. The van der Waals surface area contributed by atoms with Crippen LogP contribution in [0.3, 0.4) is 0 Å². The predicted octanol–water partition coefficient (Wildman–Crippen LogP) is 4.25. The SMILES string of the molecule is CC1C=c2ccc3cccc4ccc(c2c43)C1C. The molecule has 0 aromatic heterocycles. The average Bonchev–Trinajstić information content (AvgIpc) is 2.40. The van der Waals surface area contributed by atoms with Gasteiger partial charge in [-0.2, -0.15) is 0 Å². The van der Waals surface area contributed by atoms with E-state index in [1.807, 2.05) is 0 Å². The van der Waals surface area contributed by atoms with Crippen LogP contribution in [0.2, 0.25) is 0 Å². The Morgan fingerprint density at radius 1 is 0.778 bits per heavy atom. The van der Waals surface area contributed by atoms with Gasteiger partial charge in [0.1, 0.15) is 0 Å². The molecule has 0 aliphatic heterocycles. The van der Waals surface area contributed by atoms with E-state index in [0.717, 1.165) is 0 Å². The maximum atomic E-state index is 2.43. The Kier molecular flexibility index (Phi) is 1.89. The van der Waals surface area contributed by atoms with E-state index in [0.29, 0.717) is 11.8 Å². The van der Waals surface area contributed by atoms with E-state index in [9.17, 15) is 0 Å². The summed E-state index contributed by atoms with van der Waals surface area (Å²) in [6.45, 7) is 4.66. The van der Waals surface area contributed by atoms with Crippen LogP contribution in [-0.2, 0) is 0 Å². The first-order chi connectivity index (χ1) is 8.75. The van der Waals surface area contributed by atoms with Crippen LogP contribution in [-0.4, -0.2) is 0 Å². The highest BCUT2D eigenvalue weighted by Gasteiger charge is 2.20. The molecule has 0 nitrogen and oxygen atoms in total. The molecule has 0 amide bonds. The second-order valence-electron chi connectivity index (χ2n) is 5.58. The Labute approximate surface area is 107 Å². The Morgan fingerprint density at radius 3 is 2.28 bits per heavy atom. The van der Waals surface area contributed by atoms with Gasteiger partial charge < -0.3 is 0 Å². The smallest absolute Gasteiger partial charge is 0.00301 e. The molecule has 0 fully saturated rings. The van der Waals surface area contributed by atoms with Crippen molar-refractivity contribution in [2.45, 2.75) is 19.8 Å². The van der Waals surface area contributed by atoms with Gasteiger partial charge in [0.05, 0.1) is 0 Å². The van der Waals surface area contributed by atoms with Crippen molar-refractivity contribution in [3.05, 3.63) is 53.2 Å². The van der Waals surface area contributed by atoms with Crippen LogP contribution in [0.1, 0.15) is 25.3 Å². The van der Waals surface area contributed by atoms with E-state index < -0.39 is 0 Å². The van der Waals surface area contributed by atoms with Crippen molar-refractivity contribution < 1.29 is 0 Å². The molecule has 0 heteroatoms. The van der Waals surface area contributed by atoms with Crippen LogP contribution < -0.4 is 5.22 Å². The zero-order valence-electron chi connectivity index (χ0n) is 10.8. The molecule has 0 saturated carbocycles. The van der Waals surface area contributed by atoms with Crippen LogP contribution in [0.5, 0.6) is 0 Å². The molecule has 1 aliphatic carbocycles. The van der Waals surface area contributed by atoms with E-state index in [1.165, 1.54) is 32.3 Å². The minimum absolute atomic E-state index is 0.618. The maximum absolute atomic E-state index is 2.43. The molecule has 0 radical (unpaired) electrons. The summed E-state index contributed by atoms with van der Waals surface area (Å²) in [5, 5.41) is 7.07. The van der Waals surface area contributed by atoms with Crippen molar-refractivity contribution in [3.8, 4) is 0 Å². The summed E-state index contributed by atoms with van der Waals surface area (Å²) >= 11 is 0. The van der Waals surface area contributed by atoms with Crippen molar-refractivity contribution in [3.63, 3.8) is 0 Å². The van der Waals surface area contributed by atoms with Gasteiger partial charge in [-0.15, -0.1) is 0 Å². The number of hydrogen-bond acceptors (Lipinski definition) is 0. The Morgan fingerprint density at radius 2 is 1.50 bits per heavy atom. The third-order valence-corrected chi connectivity index (χ3v) is 4.56. The molecule has 2 unspecified atom stereocenters. The van der Waals surface area contributed by atoms with Gasteiger partial charge in [-0.05, 0) is 44.2 Å². The number of hydrogen-bond donors (Lipinski definition) is 0. The largest absolute Gasteiger partial charge is 0.0732 e. The Bertz CT molecular complexity index is 795. The van der Waals surface area contributed by atoms with Crippen molar-refractivity contribution in [2.75, 3.05) is 0 Å². The van der Waals surface area contributed by atoms with E-state index >= 15 is 0 Å². The van der Waals surface area contributed by atoms with Gasteiger partial charge in [-0.3, -0.25) is 0 Å². The molecule has 0 saturated heterocycles. The normalized spacial score (nSPS) is 22.3. The number of benzene rings is 3. The van der Waals surface area contributed by atoms with Gasteiger partial charge in [-0.1, -0.05) is 62.4 Å². The molecule has 4 rings (SSSR count). The predicted molar refractivity (Wildman–Crippen MR) is 78.7 cm³/mol. The summed E-state index contributed by atoms with van der Waals surface area (Å²) in [6, 6.07) is 15.7. The van der Waals surface area contributed by atoms with Crippen LogP contribution in [0, 0.1) is 5.92 Å². The Hall–Kier alpha value is -1.82. The minimum atomic E-state index is 0.618. The first-order valence-corrected chi connectivity index (χ1v) is 6.71. The first kappa shape index (κ1) is 10.1. The van der Waals surface area contributed by atoms with Crippen molar-refractivity contribution >= 4 is 27.6 Å². The summed E-state index contributed by atoms with van der Waals surface area (Å²) in [5.74, 6) is 1.24. The molecule has 18 heavy (non-hydrogen) atoms. The average molecular weight is 232 g/mol. The highest BCUT2D eigenvalue weighted by atomic mass is 14.2. The summed E-state index contributed by atoms with van der Waals surface area (Å²) in [6.07, 6.45) is 2.43. The number of rotatable bonds is 0. The monoisotopic (exact) mass is 232 g/mol. The molecule has 0 N–H and O–H groups in total. The van der Waals surface area contributed by atoms with Gasteiger partial charge in [0.15, 0.2) is 0 Å².